The van der Waals surface area contributed by atoms with Crippen LogP contribution in [0.4, 0.5) is 5.69 Å². The van der Waals surface area contributed by atoms with Gasteiger partial charge < -0.3 is 15.4 Å². The van der Waals surface area contributed by atoms with E-state index >= 15 is 0 Å². The summed E-state index contributed by atoms with van der Waals surface area (Å²) >= 11 is 0. The smallest absolute Gasteiger partial charge is 0.261 e. The summed E-state index contributed by atoms with van der Waals surface area (Å²) in [5.41, 5.74) is 3.18. The van der Waals surface area contributed by atoms with Crippen LogP contribution in [-0.4, -0.2) is 22.9 Å². The quantitative estimate of drug-likeness (QED) is 0.645. The molecule has 1 heterocycles. The van der Waals surface area contributed by atoms with Gasteiger partial charge in [0.25, 0.3) is 11.8 Å². The number of anilines is 1. The summed E-state index contributed by atoms with van der Waals surface area (Å²) in [7, 11) is 0. The summed E-state index contributed by atoms with van der Waals surface area (Å²) in [4.78, 5) is 28.5. The molecule has 29 heavy (non-hydrogen) atoms. The van der Waals surface area contributed by atoms with Gasteiger partial charge in [-0.1, -0.05) is 29.8 Å². The van der Waals surface area contributed by atoms with Crippen LogP contribution in [0.25, 0.3) is 0 Å². The van der Waals surface area contributed by atoms with Gasteiger partial charge in [-0.25, -0.2) is 0 Å². The number of pyridine rings is 1. The van der Waals surface area contributed by atoms with Crippen molar-refractivity contribution in [2.75, 3.05) is 5.32 Å². The molecule has 6 nitrogen and oxygen atoms in total. The van der Waals surface area contributed by atoms with Gasteiger partial charge in [-0.2, -0.15) is 0 Å². The lowest BCUT2D eigenvalue weighted by molar-refractivity contribution is -0.127. The summed E-state index contributed by atoms with van der Waals surface area (Å²) in [6, 6.07) is 18.2. The van der Waals surface area contributed by atoms with Crippen LogP contribution in [0.3, 0.4) is 0 Å². The molecule has 0 saturated heterocycles. The predicted molar refractivity (Wildman–Crippen MR) is 112 cm³/mol. The first-order valence-electron chi connectivity index (χ1n) is 9.32. The zero-order chi connectivity index (χ0) is 20.6. The molecule has 0 saturated carbocycles. The molecule has 0 aliphatic heterocycles. The van der Waals surface area contributed by atoms with Gasteiger partial charge in [0.2, 0.25) is 0 Å². The maximum atomic E-state index is 12.3. The number of aryl methyl sites for hydroxylation is 1. The van der Waals surface area contributed by atoms with E-state index < -0.39 is 6.10 Å². The standard InChI is InChI=1S/C23H23N3O3/c1-16-6-8-21(9-7-16)29-17(2)22(27)25-15-18-4-3-5-20(14-18)26-23(28)19-10-12-24-13-11-19/h3-14,17H,15H2,1-2H3,(H,25,27)(H,26,28). The lowest BCUT2D eigenvalue weighted by Gasteiger charge is -2.15. The normalized spacial score (nSPS) is 11.4. The van der Waals surface area contributed by atoms with Crippen molar-refractivity contribution in [2.24, 2.45) is 0 Å². The minimum atomic E-state index is -0.618. The Labute approximate surface area is 169 Å². The van der Waals surface area contributed by atoms with Crippen LogP contribution in [0.2, 0.25) is 0 Å². The van der Waals surface area contributed by atoms with Gasteiger partial charge in [-0.3, -0.25) is 14.6 Å². The number of ether oxygens (including phenoxy) is 1. The molecule has 0 bridgehead atoms. The van der Waals surface area contributed by atoms with Gasteiger partial charge in [0, 0.05) is 30.2 Å². The molecule has 1 unspecified atom stereocenters. The second-order valence-corrected chi connectivity index (χ2v) is 6.68. The molecule has 2 amide bonds. The van der Waals surface area contributed by atoms with Gasteiger partial charge in [0.1, 0.15) is 5.75 Å². The van der Waals surface area contributed by atoms with Crippen LogP contribution in [0.15, 0.2) is 73.1 Å². The summed E-state index contributed by atoms with van der Waals surface area (Å²) in [6.07, 6.45) is 2.52. The summed E-state index contributed by atoms with van der Waals surface area (Å²) in [6.45, 7) is 4.04. The van der Waals surface area contributed by atoms with Gasteiger partial charge in [-0.05, 0) is 55.8 Å². The first-order valence-corrected chi connectivity index (χ1v) is 9.32. The minimum Gasteiger partial charge on any atom is -0.481 e. The SMILES string of the molecule is Cc1ccc(OC(C)C(=O)NCc2cccc(NC(=O)c3ccncc3)c2)cc1. The zero-order valence-corrected chi connectivity index (χ0v) is 16.4. The summed E-state index contributed by atoms with van der Waals surface area (Å²) in [5, 5.41) is 5.70. The van der Waals surface area contributed by atoms with Crippen LogP contribution in [0, 0.1) is 6.92 Å². The number of benzene rings is 2. The Kier molecular flexibility index (Phi) is 6.58. The molecule has 2 N–H and O–H groups in total. The molecule has 0 spiro atoms. The zero-order valence-electron chi connectivity index (χ0n) is 16.4. The monoisotopic (exact) mass is 389 g/mol. The van der Waals surface area contributed by atoms with E-state index in [2.05, 4.69) is 15.6 Å². The highest BCUT2D eigenvalue weighted by atomic mass is 16.5. The van der Waals surface area contributed by atoms with E-state index in [-0.39, 0.29) is 11.8 Å². The van der Waals surface area contributed by atoms with Gasteiger partial charge in [-0.15, -0.1) is 0 Å². The maximum absolute atomic E-state index is 12.3. The average Bonchev–Trinajstić information content (AvgIpc) is 2.74. The highest BCUT2D eigenvalue weighted by molar-refractivity contribution is 6.04. The number of carbonyl (C=O) groups excluding carboxylic acids is 2. The van der Waals surface area contributed by atoms with Crippen molar-refractivity contribution in [3.8, 4) is 5.75 Å². The number of amides is 2. The van der Waals surface area contributed by atoms with E-state index in [0.29, 0.717) is 23.5 Å². The fourth-order valence-corrected chi connectivity index (χ4v) is 2.67. The fraction of sp³-hybridized carbons (Fsp3) is 0.174. The average molecular weight is 389 g/mol. The van der Waals surface area contributed by atoms with E-state index in [0.717, 1.165) is 11.1 Å². The van der Waals surface area contributed by atoms with Gasteiger partial charge >= 0.3 is 0 Å². The van der Waals surface area contributed by atoms with Crippen molar-refractivity contribution < 1.29 is 14.3 Å². The number of aromatic nitrogens is 1. The molecular formula is C23H23N3O3. The number of nitrogens with one attached hydrogen (secondary N) is 2. The number of nitrogens with zero attached hydrogens (tertiary/aromatic N) is 1. The first-order chi connectivity index (χ1) is 14.0. The minimum absolute atomic E-state index is 0.211. The van der Waals surface area contributed by atoms with Crippen LogP contribution in [0.1, 0.15) is 28.4 Å². The lowest BCUT2D eigenvalue weighted by atomic mass is 10.2. The molecule has 1 atom stereocenters. The highest BCUT2D eigenvalue weighted by Gasteiger charge is 2.14. The van der Waals surface area contributed by atoms with Crippen LogP contribution in [-0.2, 0) is 11.3 Å². The van der Waals surface area contributed by atoms with Crippen molar-refractivity contribution in [3.05, 3.63) is 89.7 Å². The van der Waals surface area contributed by atoms with Crippen molar-refractivity contribution in [1.82, 2.24) is 10.3 Å². The summed E-state index contributed by atoms with van der Waals surface area (Å²) in [5.74, 6) is 0.226. The third kappa shape index (κ3) is 5.90. The second-order valence-electron chi connectivity index (χ2n) is 6.68. The Morgan fingerprint density at radius 1 is 1.03 bits per heavy atom. The summed E-state index contributed by atoms with van der Waals surface area (Å²) < 4.78 is 5.67. The Morgan fingerprint density at radius 3 is 2.48 bits per heavy atom. The maximum Gasteiger partial charge on any atom is 0.261 e. The lowest BCUT2D eigenvalue weighted by Crippen LogP contribution is -2.35. The molecule has 1 aromatic heterocycles. The molecule has 0 fully saturated rings. The van der Waals surface area contributed by atoms with E-state index in [9.17, 15) is 9.59 Å². The largest absolute Gasteiger partial charge is 0.481 e. The molecule has 148 valence electrons. The molecule has 0 aliphatic rings. The topological polar surface area (TPSA) is 80.3 Å². The predicted octanol–water partition coefficient (Wildman–Crippen LogP) is 3.73. The van der Waals surface area contributed by atoms with Crippen LogP contribution >= 0.6 is 0 Å². The van der Waals surface area contributed by atoms with E-state index in [1.807, 2.05) is 49.4 Å². The second kappa shape index (κ2) is 9.50. The van der Waals surface area contributed by atoms with E-state index in [1.165, 1.54) is 0 Å². The number of hydrogen-bond donors (Lipinski definition) is 2. The van der Waals surface area contributed by atoms with Crippen molar-refractivity contribution in [2.45, 2.75) is 26.5 Å². The fourth-order valence-electron chi connectivity index (χ4n) is 2.67. The molecule has 0 radical (unpaired) electrons. The van der Waals surface area contributed by atoms with Gasteiger partial charge in [0.05, 0.1) is 0 Å². The van der Waals surface area contributed by atoms with Crippen molar-refractivity contribution >= 4 is 17.5 Å². The Balaban J connectivity index is 1.53. The molecular weight excluding hydrogens is 366 g/mol. The van der Waals surface area contributed by atoms with Crippen molar-refractivity contribution in [3.63, 3.8) is 0 Å². The third-order valence-corrected chi connectivity index (χ3v) is 4.30. The number of carbonyl (C=O) groups is 2. The molecule has 0 aliphatic carbocycles. The molecule has 2 aromatic carbocycles. The first kappa shape index (κ1) is 20.1. The number of rotatable bonds is 7. The van der Waals surface area contributed by atoms with Crippen molar-refractivity contribution in [1.29, 1.82) is 0 Å². The Morgan fingerprint density at radius 2 is 1.76 bits per heavy atom. The van der Waals surface area contributed by atoms with E-state index in [1.54, 1.807) is 37.5 Å². The number of hydrogen-bond acceptors (Lipinski definition) is 4. The Bertz CT molecular complexity index is 972. The Hall–Kier alpha value is -3.67. The molecule has 3 aromatic rings. The highest BCUT2D eigenvalue weighted by Crippen LogP contribution is 2.14. The van der Waals surface area contributed by atoms with E-state index in [4.69, 9.17) is 4.74 Å². The molecule has 3 rings (SSSR count). The van der Waals surface area contributed by atoms with Crippen LogP contribution in [0.5, 0.6) is 5.75 Å². The molecule has 6 heteroatoms. The van der Waals surface area contributed by atoms with Gasteiger partial charge in [0.15, 0.2) is 6.10 Å². The van der Waals surface area contributed by atoms with Crippen LogP contribution < -0.4 is 15.4 Å². The third-order valence-electron chi connectivity index (χ3n) is 4.30.